The Balaban J connectivity index is 1.52. The first-order valence-electron chi connectivity index (χ1n) is 8.92. The second-order valence-electron chi connectivity index (χ2n) is 7.13. The Kier molecular flexibility index (Phi) is 4.55. The lowest BCUT2D eigenvalue weighted by molar-refractivity contribution is -0.133. The van der Waals surface area contributed by atoms with E-state index in [2.05, 4.69) is 15.0 Å². The van der Waals surface area contributed by atoms with Crippen molar-refractivity contribution < 1.29 is 13.2 Å². The van der Waals surface area contributed by atoms with Crippen molar-refractivity contribution in [2.75, 3.05) is 24.6 Å². The molecular formula is C18H20N4O4S. The first-order valence-corrected chi connectivity index (χ1v) is 10.7. The first-order chi connectivity index (χ1) is 12.9. The molecule has 2 aliphatic rings. The van der Waals surface area contributed by atoms with Crippen LogP contribution in [-0.4, -0.2) is 58.8 Å². The summed E-state index contributed by atoms with van der Waals surface area (Å²) in [7, 11) is -3.09. The molecule has 2 atom stereocenters. The van der Waals surface area contributed by atoms with Crippen LogP contribution in [0.15, 0.2) is 35.4 Å². The van der Waals surface area contributed by atoms with Crippen LogP contribution in [-0.2, 0) is 14.6 Å². The fourth-order valence-corrected chi connectivity index (χ4v) is 5.50. The number of carbonyl (C=O) groups is 1. The summed E-state index contributed by atoms with van der Waals surface area (Å²) in [5.41, 5.74) is 1.06. The molecule has 0 bridgehead atoms. The van der Waals surface area contributed by atoms with Crippen LogP contribution in [0.1, 0.15) is 24.6 Å². The van der Waals surface area contributed by atoms with Gasteiger partial charge in [0, 0.05) is 43.0 Å². The molecule has 0 unspecified atom stereocenters. The lowest BCUT2D eigenvalue weighted by Gasteiger charge is -2.19. The summed E-state index contributed by atoms with van der Waals surface area (Å²) in [4.78, 5) is 37.8. The lowest BCUT2D eigenvalue weighted by Crippen LogP contribution is -2.35. The molecule has 27 heavy (non-hydrogen) atoms. The van der Waals surface area contributed by atoms with Gasteiger partial charge in [0.1, 0.15) is 5.82 Å². The number of pyridine rings is 1. The highest BCUT2D eigenvalue weighted by atomic mass is 32.2. The number of aromatic nitrogens is 3. The third kappa shape index (κ3) is 3.78. The number of hydrogen-bond donors (Lipinski definition) is 1. The molecule has 2 saturated heterocycles. The Morgan fingerprint density at radius 2 is 2.15 bits per heavy atom. The lowest BCUT2D eigenvalue weighted by atomic mass is 10.1. The van der Waals surface area contributed by atoms with Crippen molar-refractivity contribution in [3.8, 4) is 11.3 Å². The number of sulfone groups is 1. The Morgan fingerprint density at radius 1 is 1.30 bits per heavy atom. The molecule has 2 aromatic heterocycles. The number of carbonyl (C=O) groups excluding carboxylic acids is 1. The van der Waals surface area contributed by atoms with Gasteiger partial charge in [0.05, 0.1) is 23.1 Å². The zero-order valence-corrected chi connectivity index (χ0v) is 15.5. The summed E-state index contributed by atoms with van der Waals surface area (Å²) in [6, 6.07) is 5.05. The highest BCUT2D eigenvalue weighted by Crippen LogP contribution is 2.29. The SMILES string of the molecule is O=C([C@H]1CCS(=O)(=O)C1)N1CC[C@@H](c2nc(-c3cccnc3)cc(=O)[nH]2)C1. The van der Waals surface area contributed by atoms with Crippen LogP contribution in [0, 0.1) is 5.92 Å². The predicted molar refractivity (Wildman–Crippen MR) is 98.8 cm³/mol. The Morgan fingerprint density at radius 3 is 2.85 bits per heavy atom. The van der Waals surface area contributed by atoms with E-state index in [1.165, 1.54) is 6.07 Å². The van der Waals surface area contributed by atoms with Gasteiger partial charge in [-0.15, -0.1) is 0 Å². The van der Waals surface area contributed by atoms with Crippen molar-refractivity contribution >= 4 is 15.7 Å². The molecule has 0 aliphatic carbocycles. The van der Waals surface area contributed by atoms with E-state index in [0.717, 1.165) is 5.56 Å². The quantitative estimate of drug-likeness (QED) is 0.823. The highest BCUT2D eigenvalue weighted by Gasteiger charge is 2.38. The van der Waals surface area contributed by atoms with Crippen molar-refractivity contribution in [2.45, 2.75) is 18.8 Å². The predicted octanol–water partition coefficient (Wildman–Crippen LogP) is 0.583. The zero-order chi connectivity index (χ0) is 19.0. The summed E-state index contributed by atoms with van der Waals surface area (Å²) >= 11 is 0. The second kappa shape index (κ2) is 6.88. The van der Waals surface area contributed by atoms with Crippen LogP contribution in [0.3, 0.4) is 0 Å². The van der Waals surface area contributed by atoms with Gasteiger partial charge in [0.2, 0.25) is 5.91 Å². The molecule has 0 spiro atoms. The maximum Gasteiger partial charge on any atom is 0.251 e. The molecular weight excluding hydrogens is 368 g/mol. The van der Waals surface area contributed by atoms with Gasteiger partial charge in [-0.2, -0.15) is 0 Å². The topological polar surface area (TPSA) is 113 Å². The third-order valence-corrected chi connectivity index (χ3v) is 6.95. The number of H-pyrrole nitrogens is 1. The molecule has 9 heteroatoms. The van der Waals surface area contributed by atoms with E-state index in [-0.39, 0.29) is 28.9 Å². The van der Waals surface area contributed by atoms with Crippen molar-refractivity contribution in [3.63, 3.8) is 0 Å². The van der Waals surface area contributed by atoms with E-state index >= 15 is 0 Å². The summed E-state index contributed by atoms with van der Waals surface area (Å²) in [6.07, 6.45) is 4.39. The monoisotopic (exact) mass is 388 g/mol. The van der Waals surface area contributed by atoms with E-state index in [4.69, 9.17) is 0 Å². The number of hydrogen-bond acceptors (Lipinski definition) is 6. The molecule has 4 rings (SSSR count). The number of likely N-dealkylation sites (tertiary alicyclic amines) is 1. The maximum atomic E-state index is 12.6. The van der Waals surface area contributed by atoms with Crippen molar-refractivity contribution in [1.82, 2.24) is 19.9 Å². The molecule has 1 N–H and O–H groups in total. The van der Waals surface area contributed by atoms with Gasteiger partial charge in [-0.3, -0.25) is 14.6 Å². The number of amides is 1. The second-order valence-corrected chi connectivity index (χ2v) is 9.36. The largest absolute Gasteiger partial charge is 0.342 e. The van der Waals surface area contributed by atoms with Crippen molar-refractivity contribution in [1.29, 1.82) is 0 Å². The molecule has 2 aliphatic heterocycles. The first kappa shape index (κ1) is 17.8. The fourth-order valence-electron chi connectivity index (χ4n) is 3.76. The molecule has 0 radical (unpaired) electrons. The van der Waals surface area contributed by atoms with Gasteiger partial charge < -0.3 is 9.88 Å². The molecule has 2 fully saturated rings. The summed E-state index contributed by atoms with van der Waals surface area (Å²) in [5, 5.41) is 0. The van der Waals surface area contributed by atoms with Crippen molar-refractivity contribution in [3.05, 3.63) is 46.8 Å². The van der Waals surface area contributed by atoms with Crippen molar-refractivity contribution in [2.24, 2.45) is 5.92 Å². The Labute approximate surface area is 156 Å². The number of rotatable bonds is 3. The van der Waals surface area contributed by atoms with Crippen LogP contribution in [0.4, 0.5) is 0 Å². The highest BCUT2D eigenvalue weighted by molar-refractivity contribution is 7.91. The van der Waals surface area contributed by atoms with Crippen LogP contribution < -0.4 is 5.56 Å². The van der Waals surface area contributed by atoms with Crippen LogP contribution in [0.25, 0.3) is 11.3 Å². The van der Waals surface area contributed by atoms with Gasteiger partial charge in [-0.25, -0.2) is 13.4 Å². The minimum absolute atomic E-state index is 0.0570. The fraction of sp³-hybridized carbons (Fsp3) is 0.444. The number of aromatic amines is 1. The van der Waals surface area contributed by atoms with E-state index < -0.39 is 15.8 Å². The van der Waals surface area contributed by atoms with Gasteiger partial charge in [-0.1, -0.05) is 0 Å². The third-order valence-electron chi connectivity index (χ3n) is 5.19. The van der Waals surface area contributed by atoms with Crippen LogP contribution in [0.2, 0.25) is 0 Å². The molecule has 4 heterocycles. The molecule has 0 saturated carbocycles. The Hall–Kier alpha value is -2.55. The Bertz CT molecular complexity index is 1020. The normalized spacial score (nSPS) is 24.2. The molecule has 8 nitrogen and oxygen atoms in total. The average molecular weight is 388 g/mol. The van der Waals surface area contributed by atoms with Gasteiger partial charge in [0.25, 0.3) is 5.56 Å². The number of nitrogens with zero attached hydrogens (tertiary/aromatic N) is 3. The average Bonchev–Trinajstić information content (AvgIpc) is 3.28. The van der Waals surface area contributed by atoms with Gasteiger partial charge in [0.15, 0.2) is 9.84 Å². The number of nitrogens with one attached hydrogen (secondary N) is 1. The summed E-state index contributed by atoms with van der Waals surface area (Å²) < 4.78 is 23.3. The molecule has 142 valence electrons. The molecule has 1 amide bonds. The van der Waals surface area contributed by atoms with E-state index in [0.29, 0.717) is 37.4 Å². The minimum atomic E-state index is -3.09. The minimum Gasteiger partial charge on any atom is -0.342 e. The van der Waals surface area contributed by atoms with E-state index in [1.807, 2.05) is 6.07 Å². The van der Waals surface area contributed by atoms with E-state index in [1.54, 1.807) is 23.4 Å². The standard InChI is InChI=1S/C18H20N4O4S/c23-16-8-15(12-2-1-5-19-9-12)20-17(21-16)13-3-6-22(10-13)18(24)14-4-7-27(25,26)11-14/h1-2,5,8-9,13-14H,3-4,6-7,10-11H2,(H,20,21,23)/t13-,14+/m1/s1. The molecule has 2 aromatic rings. The van der Waals surface area contributed by atoms with Gasteiger partial charge in [-0.05, 0) is 25.0 Å². The summed E-state index contributed by atoms with van der Waals surface area (Å²) in [5.74, 6) is -0.0415. The smallest absolute Gasteiger partial charge is 0.251 e. The maximum absolute atomic E-state index is 12.6. The van der Waals surface area contributed by atoms with Gasteiger partial charge >= 0.3 is 0 Å². The van der Waals surface area contributed by atoms with Crippen LogP contribution >= 0.6 is 0 Å². The van der Waals surface area contributed by atoms with Crippen LogP contribution in [0.5, 0.6) is 0 Å². The summed E-state index contributed by atoms with van der Waals surface area (Å²) in [6.45, 7) is 0.982. The zero-order valence-electron chi connectivity index (χ0n) is 14.7. The van der Waals surface area contributed by atoms with E-state index in [9.17, 15) is 18.0 Å². The molecule has 0 aromatic carbocycles.